The summed E-state index contributed by atoms with van der Waals surface area (Å²) in [5.41, 5.74) is 2.57. The molecule has 0 saturated heterocycles. The molecule has 171 valence electrons. The van der Waals surface area contributed by atoms with E-state index < -0.39 is 17.9 Å². The third-order valence-electron chi connectivity index (χ3n) is 3.63. The SMILES string of the molecule is O=C([O-])/C=C/c1ccccc1.O=C([O-])/C=C/c1ccccc1.O=C([O-])/C=C/c1ccccc1.[Cr+3]. The van der Waals surface area contributed by atoms with Crippen molar-refractivity contribution in [2.75, 3.05) is 0 Å². The molecular formula is C27H21CrO6. The summed E-state index contributed by atoms with van der Waals surface area (Å²) in [6.07, 6.45) is 7.51. The maximum absolute atomic E-state index is 9.97. The second kappa shape index (κ2) is 18.4. The van der Waals surface area contributed by atoms with Crippen molar-refractivity contribution in [3.05, 3.63) is 126 Å². The Labute approximate surface area is 209 Å². The van der Waals surface area contributed by atoms with Crippen molar-refractivity contribution in [3.8, 4) is 0 Å². The zero-order valence-electron chi connectivity index (χ0n) is 18.0. The third-order valence-corrected chi connectivity index (χ3v) is 3.63. The average molecular weight is 493 g/mol. The smallest absolute Gasteiger partial charge is 0.545 e. The van der Waals surface area contributed by atoms with Crippen molar-refractivity contribution in [1.29, 1.82) is 0 Å². The van der Waals surface area contributed by atoms with Crippen LogP contribution in [0.4, 0.5) is 0 Å². The van der Waals surface area contributed by atoms with E-state index in [-0.39, 0.29) is 17.4 Å². The molecule has 1 radical (unpaired) electrons. The van der Waals surface area contributed by atoms with E-state index in [4.69, 9.17) is 0 Å². The molecule has 3 rings (SSSR count). The summed E-state index contributed by atoms with van der Waals surface area (Å²) in [5, 5.41) is 29.9. The molecule has 0 atom stereocenters. The average Bonchev–Trinajstić information content (AvgIpc) is 2.83. The summed E-state index contributed by atoms with van der Waals surface area (Å²) in [4.78, 5) is 29.9. The van der Waals surface area contributed by atoms with Crippen LogP contribution >= 0.6 is 0 Å². The number of carbonyl (C=O) groups is 3. The summed E-state index contributed by atoms with van der Waals surface area (Å²) in [7, 11) is 0. The van der Waals surface area contributed by atoms with Crippen LogP contribution in [0.3, 0.4) is 0 Å². The summed E-state index contributed by atoms with van der Waals surface area (Å²) >= 11 is 0. The van der Waals surface area contributed by atoms with Crippen molar-refractivity contribution in [2.45, 2.75) is 0 Å². The molecule has 6 nitrogen and oxygen atoms in total. The van der Waals surface area contributed by atoms with Gasteiger partial charge in [0.1, 0.15) is 0 Å². The third kappa shape index (κ3) is 16.5. The van der Waals surface area contributed by atoms with Crippen molar-refractivity contribution in [1.82, 2.24) is 0 Å². The predicted octanol–water partition coefficient (Wildman–Crippen LogP) is 1.35. The van der Waals surface area contributed by atoms with Gasteiger partial charge >= 0.3 is 17.4 Å². The van der Waals surface area contributed by atoms with Gasteiger partial charge in [-0.15, -0.1) is 0 Å². The molecule has 0 spiro atoms. The maximum Gasteiger partial charge on any atom is 3.00 e. The molecule has 0 aromatic heterocycles. The molecule has 0 fully saturated rings. The van der Waals surface area contributed by atoms with Gasteiger partial charge in [-0.3, -0.25) is 0 Å². The number of carboxylic acid groups (broad SMARTS) is 3. The first-order valence-corrected chi connectivity index (χ1v) is 9.69. The van der Waals surface area contributed by atoms with Gasteiger partial charge in [0.15, 0.2) is 0 Å². The van der Waals surface area contributed by atoms with E-state index in [0.29, 0.717) is 0 Å². The van der Waals surface area contributed by atoms with E-state index >= 15 is 0 Å². The molecule has 3 aromatic rings. The van der Waals surface area contributed by atoms with Crippen LogP contribution in [0.25, 0.3) is 18.2 Å². The molecule has 0 amide bonds. The number of rotatable bonds is 6. The van der Waals surface area contributed by atoms with E-state index in [1.54, 1.807) is 0 Å². The number of aliphatic carboxylic acids is 3. The van der Waals surface area contributed by atoms with Crippen LogP contribution < -0.4 is 15.3 Å². The topological polar surface area (TPSA) is 120 Å². The van der Waals surface area contributed by atoms with Gasteiger partial charge in [0.25, 0.3) is 0 Å². The van der Waals surface area contributed by atoms with Gasteiger partial charge in [0, 0.05) is 0 Å². The Hall–Kier alpha value is -4.18. The number of benzene rings is 3. The fraction of sp³-hybridized carbons (Fsp3) is 0. The van der Waals surface area contributed by atoms with Crippen LogP contribution in [0.5, 0.6) is 0 Å². The minimum absolute atomic E-state index is 0. The summed E-state index contributed by atoms with van der Waals surface area (Å²) in [5.74, 6) is -3.52. The Kier molecular flexibility index (Phi) is 16.1. The zero-order valence-corrected chi connectivity index (χ0v) is 19.3. The minimum atomic E-state index is -1.17. The molecule has 7 heteroatoms. The van der Waals surface area contributed by atoms with Gasteiger partial charge in [0.2, 0.25) is 0 Å². The van der Waals surface area contributed by atoms with E-state index in [0.717, 1.165) is 34.9 Å². The molecular weight excluding hydrogens is 472 g/mol. The molecule has 0 heterocycles. The molecule has 3 aromatic carbocycles. The van der Waals surface area contributed by atoms with E-state index in [1.165, 1.54) is 18.2 Å². The molecule has 0 unspecified atom stereocenters. The van der Waals surface area contributed by atoms with Gasteiger partial charge in [0.05, 0.1) is 17.9 Å². The first-order valence-electron chi connectivity index (χ1n) is 9.69. The Morgan fingerprint density at radius 2 is 0.647 bits per heavy atom. The van der Waals surface area contributed by atoms with Crippen LogP contribution in [-0.4, -0.2) is 17.9 Å². The molecule has 0 aliphatic carbocycles. The van der Waals surface area contributed by atoms with Crippen molar-refractivity contribution < 1.29 is 47.1 Å². The van der Waals surface area contributed by atoms with Gasteiger partial charge < -0.3 is 29.7 Å². The number of carbonyl (C=O) groups excluding carboxylic acids is 3. The Morgan fingerprint density at radius 1 is 0.441 bits per heavy atom. The Bertz CT molecular complexity index is 934. The summed E-state index contributed by atoms with van der Waals surface area (Å²) in [6, 6.07) is 27.6. The predicted molar refractivity (Wildman–Crippen MR) is 121 cm³/mol. The van der Waals surface area contributed by atoms with Crippen LogP contribution in [0, 0.1) is 0 Å². The maximum atomic E-state index is 9.97. The van der Waals surface area contributed by atoms with Gasteiger partial charge in [-0.1, -0.05) is 109 Å². The zero-order chi connectivity index (χ0) is 24.3. The Balaban J connectivity index is 0.000000473. The largest absolute Gasteiger partial charge is 3.00 e. The number of hydrogen-bond donors (Lipinski definition) is 0. The van der Waals surface area contributed by atoms with Crippen molar-refractivity contribution >= 4 is 36.1 Å². The number of carboxylic acids is 3. The normalized spacial score (nSPS) is 9.88. The van der Waals surface area contributed by atoms with Gasteiger partial charge in [-0.25, -0.2) is 0 Å². The molecule has 0 aliphatic rings. The fourth-order valence-electron chi connectivity index (χ4n) is 2.19. The molecule has 34 heavy (non-hydrogen) atoms. The second-order valence-corrected chi connectivity index (χ2v) is 6.19. The molecule has 0 N–H and O–H groups in total. The molecule has 0 saturated carbocycles. The van der Waals surface area contributed by atoms with Crippen molar-refractivity contribution in [2.24, 2.45) is 0 Å². The van der Waals surface area contributed by atoms with Crippen molar-refractivity contribution in [3.63, 3.8) is 0 Å². The van der Waals surface area contributed by atoms with Gasteiger partial charge in [-0.2, -0.15) is 0 Å². The standard InChI is InChI=1S/3C9H8O2.Cr/c3*10-9(11)7-6-8-4-2-1-3-5-8;/h3*1-7H,(H,10,11);/q;;;+3/p-3/b3*7-6+;. The van der Waals surface area contributed by atoms with Crippen LogP contribution in [0.2, 0.25) is 0 Å². The van der Waals surface area contributed by atoms with Crippen LogP contribution in [0.1, 0.15) is 16.7 Å². The summed E-state index contributed by atoms with van der Waals surface area (Å²) in [6.45, 7) is 0. The molecule has 0 bridgehead atoms. The second-order valence-electron chi connectivity index (χ2n) is 6.19. The number of hydrogen-bond acceptors (Lipinski definition) is 6. The monoisotopic (exact) mass is 493 g/mol. The van der Waals surface area contributed by atoms with E-state index in [9.17, 15) is 29.7 Å². The first kappa shape index (κ1) is 29.8. The quantitative estimate of drug-likeness (QED) is 0.478. The van der Waals surface area contributed by atoms with E-state index in [1.807, 2.05) is 91.0 Å². The fourth-order valence-corrected chi connectivity index (χ4v) is 2.19. The minimum Gasteiger partial charge on any atom is -0.545 e. The van der Waals surface area contributed by atoms with Crippen LogP contribution in [-0.2, 0) is 31.7 Å². The first-order chi connectivity index (χ1) is 15.9. The van der Waals surface area contributed by atoms with Crippen LogP contribution in [0.15, 0.2) is 109 Å². The Morgan fingerprint density at radius 3 is 0.824 bits per heavy atom. The molecule has 0 aliphatic heterocycles. The summed E-state index contributed by atoms with van der Waals surface area (Å²) < 4.78 is 0. The van der Waals surface area contributed by atoms with E-state index in [2.05, 4.69) is 0 Å². The van der Waals surface area contributed by atoms with Gasteiger partial charge in [-0.05, 0) is 34.9 Å².